The maximum atomic E-state index is 12.9. The second-order valence-electron chi connectivity index (χ2n) is 9.72. The number of urea groups is 1. The molecule has 36 heavy (non-hydrogen) atoms. The lowest BCUT2D eigenvalue weighted by molar-refractivity contribution is -0.127. The third-order valence-corrected chi connectivity index (χ3v) is 7.50. The molecule has 1 fully saturated rings. The number of nitrogens with zero attached hydrogens (tertiary/aromatic N) is 1. The Hall–Kier alpha value is -4.07. The minimum absolute atomic E-state index is 0.0600. The predicted octanol–water partition coefficient (Wildman–Crippen LogP) is 4.09. The van der Waals surface area contributed by atoms with Crippen LogP contribution in [0.3, 0.4) is 0 Å². The van der Waals surface area contributed by atoms with Gasteiger partial charge in [0.15, 0.2) is 0 Å². The van der Waals surface area contributed by atoms with Crippen LogP contribution in [0, 0.1) is 0 Å². The summed E-state index contributed by atoms with van der Waals surface area (Å²) in [5.41, 5.74) is 5.57. The van der Waals surface area contributed by atoms with E-state index in [1.807, 2.05) is 42.6 Å². The first-order valence-corrected chi connectivity index (χ1v) is 12.6. The zero-order valence-corrected chi connectivity index (χ0v) is 20.0. The zero-order valence-electron chi connectivity index (χ0n) is 20.0. The van der Waals surface area contributed by atoms with Crippen molar-refractivity contribution in [3.63, 3.8) is 0 Å². The van der Waals surface area contributed by atoms with Crippen LogP contribution in [-0.2, 0) is 22.4 Å². The van der Waals surface area contributed by atoms with Crippen molar-refractivity contribution < 1.29 is 14.4 Å². The Morgan fingerprint density at radius 2 is 1.81 bits per heavy atom. The number of imide groups is 1. The number of para-hydroxylation sites is 2. The lowest BCUT2D eigenvalue weighted by Gasteiger charge is -2.24. The van der Waals surface area contributed by atoms with E-state index < -0.39 is 6.04 Å². The zero-order chi connectivity index (χ0) is 24.6. The lowest BCUT2D eigenvalue weighted by atomic mass is 9.91. The summed E-state index contributed by atoms with van der Waals surface area (Å²) in [6, 6.07) is 15.1. The number of nitrogens with one attached hydrogen (secondary N) is 4. The first-order chi connectivity index (χ1) is 17.6. The smallest absolute Gasteiger partial charge is 0.324 e. The van der Waals surface area contributed by atoms with Crippen LogP contribution in [0.5, 0.6) is 0 Å². The number of carbonyl (C=O) groups excluding carboxylic acids is 3. The molecule has 2 atom stereocenters. The molecule has 2 aliphatic rings. The van der Waals surface area contributed by atoms with Crippen molar-refractivity contribution >= 4 is 39.7 Å². The van der Waals surface area contributed by atoms with Crippen molar-refractivity contribution in [2.24, 2.45) is 0 Å². The topological polar surface area (TPSA) is 110 Å². The number of carbonyl (C=O) groups is 3. The summed E-state index contributed by atoms with van der Waals surface area (Å²) in [5, 5.41) is 8.22. The summed E-state index contributed by atoms with van der Waals surface area (Å²) < 4.78 is 0. The van der Waals surface area contributed by atoms with Crippen molar-refractivity contribution in [1.82, 2.24) is 25.5 Å². The molecule has 184 valence electrons. The fourth-order valence-electron chi connectivity index (χ4n) is 5.66. The number of aryl methyl sites for hydroxylation is 1. The van der Waals surface area contributed by atoms with E-state index in [9.17, 15) is 14.4 Å². The summed E-state index contributed by atoms with van der Waals surface area (Å²) >= 11 is 0. The maximum Gasteiger partial charge on any atom is 0.324 e. The molecule has 1 aliphatic carbocycles. The molecule has 2 aromatic carbocycles. The minimum Gasteiger partial charge on any atom is -0.361 e. The average Bonchev–Trinajstić information content (AvgIpc) is 3.56. The van der Waals surface area contributed by atoms with Crippen molar-refractivity contribution in [3.8, 4) is 0 Å². The van der Waals surface area contributed by atoms with Crippen LogP contribution < -0.4 is 10.6 Å². The number of fused-ring (bicyclic) bond motifs is 4. The summed E-state index contributed by atoms with van der Waals surface area (Å²) in [6.07, 6.45) is 5.86. The highest BCUT2D eigenvalue weighted by Gasteiger charge is 2.37. The molecule has 0 saturated carbocycles. The van der Waals surface area contributed by atoms with E-state index in [1.165, 1.54) is 15.8 Å². The van der Waals surface area contributed by atoms with Crippen molar-refractivity contribution in [2.75, 3.05) is 6.54 Å². The van der Waals surface area contributed by atoms with Gasteiger partial charge in [0.1, 0.15) is 6.04 Å². The summed E-state index contributed by atoms with van der Waals surface area (Å²) in [5.74, 6) is -0.367. The van der Waals surface area contributed by atoms with Gasteiger partial charge in [-0.2, -0.15) is 0 Å². The quantitative estimate of drug-likeness (QED) is 0.297. The molecule has 0 unspecified atom stereocenters. The standard InChI is InChI=1S/C28H29N5O3/c34-25(30-23-11-5-8-20-19-7-2-4-10-22(19)31-26(20)23)13-12-24-27(35)33(28(36)32-24)15-14-17-16-29-21-9-3-1-6-18(17)21/h1-4,6-7,9-10,16,23-24,29,31H,5,8,11-15H2,(H,30,34)(H,32,36)/t23-,24-/m1/s1. The number of hydrogen-bond donors (Lipinski definition) is 4. The number of rotatable bonds is 7. The Morgan fingerprint density at radius 1 is 1.03 bits per heavy atom. The molecule has 2 aromatic heterocycles. The highest BCUT2D eigenvalue weighted by molar-refractivity contribution is 6.04. The van der Waals surface area contributed by atoms with Crippen molar-refractivity contribution in [3.05, 3.63) is 71.5 Å². The molecule has 8 heteroatoms. The number of amides is 4. The highest BCUT2D eigenvalue weighted by Crippen LogP contribution is 2.34. The van der Waals surface area contributed by atoms with Gasteiger partial charge < -0.3 is 20.6 Å². The monoisotopic (exact) mass is 483 g/mol. The molecule has 6 rings (SSSR count). The van der Waals surface area contributed by atoms with E-state index in [1.54, 1.807) is 0 Å². The minimum atomic E-state index is -0.666. The number of aromatic amines is 2. The third-order valence-electron chi connectivity index (χ3n) is 7.50. The molecule has 0 bridgehead atoms. The van der Waals surface area contributed by atoms with Crippen LogP contribution in [-0.4, -0.2) is 45.3 Å². The van der Waals surface area contributed by atoms with Crippen LogP contribution in [0.15, 0.2) is 54.7 Å². The Kier molecular flexibility index (Phi) is 5.71. The summed E-state index contributed by atoms with van der Waals surface area (Å²) in [7, 11) is 0. The number of benzene rings is 2. The Bertz CT molecular complexity index is 1470. The molecule has 4 amide bonds. The molecule has 4 N–H and O–H groups in total. The molecule has 1 saturated heterocycles. The van der Waals surface area contributed by atoms with Crippen LogP contribution in [0.2, 0.25) is 0 Å². The van der Waals surface area contributed by atoms with E-state index >= 15 is 0 Å². The molecule has 4 aromatic rings. The Morgan fingerprint density at radius 3 is 2.67 bits per heavy atom. The van der Waals surface area contributed by atoms with Gasteiger partial charge in [-0.3, -0.25) is 14.5 Å². The molecule has 0 radical (unpaired) electrons. The molecule has 0 spiro atoms. The molecule has 3 heterocycles. The van der Waals surface area contributed by atoms with E-state index in [4.69, 9.17) is 0 Å². The van der Waals surface area contributed by atoms with Gasteiger partial charge in [0, 0.05) is 46.7 Å². The van der Waals surface area contributed by atoms with Gasteiger partial charge in [0.25, 0.3) is 5.91 Å². The van der Waals surface area contributed by atoms with Crippen molar-refractivity contribution in [2.45, 2.75) is 50.6 Å². The summed E-state index contributed by atoms with van der Waals surface area (Å²) in [6.45, 7) is 0.306. The maximum absolute atomic E-state index is 12.9. The Balaban J connectivity index is 1.05. The third kappa shape index (κ3) is 4.02. The normalized spacial score (nSPS) is 19.6. The molecule has 1 aliphatic heterocycles. The molecular weight excluding hydrogens is 454 g/mol. The first kappa shape index (κ1) is 22.4. The molecule has 8 nitrogen and oxygen atoms in total. The fourth-order valence-corrected chi connectivity index (χ4v) is 5.66. The highest BCUT2D eigenvalue weighted by atomic mass is 16.2. The lowest BCUT2D eigenvalue weighted by Crippen LogP contribution is -2.35. The van der Waals surface area contributed by atoms with E-state index in [0.29, 0.717) is 13.0 Å². The van der Waals surface area contributed by atoms with E-state index in [2.05, 4.69) is 32.7 Å². The number of hydrogen-bond acceptors (Lipinski definition) is 3. The second-order valence-corrected chi connectivity index (χ2v) is 9.72. The van der Waals surface area contributed by atoms with E-state index in [-0.39, 0.29) is 36.7 Å². The van der Waals surface area contributed by atoms with Crippen LogP contribution in [0.1, 0.15) is 48.5 Å². The van der Waals surface area contributed by atoms with E-state index in [0.717, 1.165) is 46.9 Å². The van der Waals surface area contributed by atoms with Gasteiger partial charge in [-0.15, -0.1) is 0 Å². The van der Waals surface area contributed by atoms with Crippen LogP contribution in [0.25, 0.3) is 21.8 Å². The Labute approximate surface area is 208 Å². The predicted molar refractivity (Wildman–Crippen MR) is 137 cm³/mol. The largest absolute Gasteiger partial charge is 0.361 e. The van der Waals surface area contributed by atoms with Gasteiger partial charge >= 0.3 is 6.03 Å². The number of H-pyrrole nitrogens is 2. The second kappa shape index (κ2) is 9.18. The van der Waals surface area contributed by atoms with Gasteiger partial charge in [0.2, 0.25) is 5.91 Å². The number of aromatic nitrogens is 2. The average molecular weight is 484 g/mol. The van der Waals surface area contributed by atoms with Crippen LogP contribution >= 0.6 is 0 Å². The van der Waals surface area contributed by atoms with Gasteiger partial charge in [-0.1, -0.05) is 36.4 Å². The fraction of sp³-hybridized carbons (Fsp3) is 0.321. The summed E-state index contributed by atoms with van der Waals surface area (Å²) in [4.78, 5) is 46.2. The SMILES string of the molecule is O=C(CC[C@H]1NC(=O)N(CCc2c[nH]c3ccccc23)C1=O)N[C@@H]1CCCc2c1[nH]c1ccccc21. The van der Waals surface area contributed by atoms with Gasteiger partial charge in [0.05, 0.1) is 6.04 Å². The molecular formula is C28H29N5O3. The van der Waals surface area contributed by atoms with Gasteiger partial charge in [-0.25, -0.2) is 4.79 Å². The van der Waals surface area contributed by atoms with Gasteiger partial charge in [-0.05, 0) is 55.4 Å². The van der Waals surface area contributed by atoms with Crippen molar-refractivity contribution in [1.29, 1.82) is 0 Å². The van der Waals surface area contributed by atoms with Crippen LogP contribution in [0.4, 0.5) is 4.79 Å². The first-order valence-electron chi connectivity index (χ1n) is 12.6.